The Morgan fingerprint density at radius 3 is 1.11 bits per heavy atom. The average Bonchev–Trinajstić information content (AvgIpc) is 2.59. The predicted octanol–water partition coefficient (Wildman–Crippen LogP) is 7.18. The van der Waals surface area contributed by atoms with Crippen LogP contribution in [0.25, 0.3) is 0 Å². The van der Waals surface area contributed by atoms with E-state index in [-0.39, 0.29) is 10.8 Å². The highest BCUT2D eigenvalue weighted by Gasteiger charge is 2.33. The number of alkyl halides is 2. The molecular weight excluding hydrogens is 488 g/mol. The molecule has 0 aromatic heterocycles. The molecule has 2 rings (SSSR count). The van der Waals surface area contributed by atoms with Gasteiger partial charge in [-0.05, 0) is 33.1 Å². The van der Waals surface area contributed by atoms with Crippen molar-refractivity contribution in [3.8, 4) is 0 Å². The van der Waals surface area contributed by atoms with Crippen LogP contribution in [0.3, 0.4) is 0 Å². The molecule has 0 aliphatic heterocycles. The fraction of sp³-hybridized carbons (Fsp3) is 0.455. The maximum Gasteiger partial charge on any atom is 0.184 e. The summed E-state index contributed by atoms with van der Waals surface area (Å²) in [5, 5.41) is 0. The van der Waals surface area contributed by atoms with Crippen LogP contribution in [0.15, 0.2) is 48.5 Å². The van der Waals surface area contributed by atoms with E-state index >= 15 is 0 Å². The number of sulfone groups is 1. The zero-order valence-corrected chi connectivity index (χ0v) is 20.7. The molecular formula is C22H28Br2O2S. The summed E-state index contributed by atoms with van der Waals surface area (Å²) in [6, 6.07) is 15.6. The molecule has 0 spiro atoms. The van der Waals surface area contributed by atoms with E-state index in [0.29, 0.717) is 0 Å². The van der Waals surface area contributed by atoms with Crippen molar-refractivity contribution in [3.63, 3.8) is 0 Å². The summed E-state index contributed by atoms with van der Waals surface area (Å²) >= 11 is 6.82. The second kappa shape index (κ2) is 8.00. The van der Waals surface area contributed by atoms with Crippen molar-refractivity contribution in [2.75, 3.05) is 0 Å². The van der Waals surface area contributed by atoms with Crippen LogP contribution in [0.5, 0.6) is 0 Å². The highest BCUT2D eigenvalue weighted by Crippen LogP contribution is 2.42. The third kappa shape index (κ3) is 5.24. The summed E-state index contributed by atoms with van der Waals surface area (Å²) in [5.41, 5.74) is 3.89. The fourth-order valence-corrected chi connectivity index (χ4v) is 6.81. The van der Waals surface area contributed by atoms with Gasteiger partial charge in [0.25, 0.3) is 0 Å². The van der Waals surface area contributed by atoms with Crippen molar-refractivity contribution >= 4 is 41.7 Å². The topological polar surface area (TPSA) is 34.1 Å². The zero-order valence-electron chi connectivity index (χ0n) is 16.8. The van der Waals surface area contributed by atoms with Gasteiger partial charge in [0, 0.05) is 0 Å². The van der Waals surface area contributed by atoms with Gasteiger partial charge in [-0.25, -0.2) is 8.42 Å². The smallest absolute Gasteiger partial charge is 0.184 e. The van der Waals surface area contributed by atoms with Gasteiger partial charge in [-0.1, -0.05) is 122 Å². The first-order chi connectivity index (χ1) is 12.2. The summed E-state index contributed by atoms with van der Waals surface area (Å²) in [6.07, 6.45) is 0. The molecule has 0 amide bonds. The molecule has 0 saturated carbocycles. The molecule has 2 aromatic rings. The van der Waals surface area contributed by atoms with Crippen LogP contribution in [0, 0.1) is 0 Å². The molecule has 0 bridgehead atoms. The van der Waals surface area contributed by atoms with Crippen LogP contribution >= 0.6 is 31.9 Å². The Morgan fingerprint density at radius 2 is 0.889 bits per heavy atom. The van der Waals surface area contributed by atoms with Gasteiger partial charge in [-0.2, -0.15) is 0 Å². The molecule has 5 heteroatoms. The number of halogens is 2. The molecule has 2 atom stereocenters. The van der Waals surface area contributed by atoms with Gasteiger partial charge in [0.05, 0.1) is 0 Å². The molecule has 0 aliphatic carbocycles. The minimum atomic E-state index is -3.51. The molecule has 0 N–H and O–H groups in total. The lowest BCUT2D eigenvalue weighted by Gasteiger charge is -2.22. The molecule has 0 fully saturated rings. The Morgan fingerprint density at radius 1 is 0.630 bits per heavy atom. The van der Waals surface area contributed by atoms with Gasteiger partial charge in [-0.3, -0.25) is 0 Å². The Bertz CT molecular complexity index is 802. The fourth-order valence-electron chi connectivity index (χ4n) is 2.75. The van der Waals surface area contributed by atoms with Crippen LogP contribution in [-0.2, 0) is 20.7 Å². The monoisotopic (exact) mass is 514 g/mol. The van der Waals surface area contributed by atoms with Crippen LogP contribution in [-0.4, -0.2) is 8.42 Å². The van der Waals surface area contributed by atoms with Gasteiger partial charge in [0.2, 0.25) is 0 Å². The van der Waals surface area contributed by atoms with E-state index in [1.54, 1.807) is 0 Å². The average molecular weight is 516 g/mol. The number of hydrogen-bond donors (Lipinski definition) is 0. The van der Waals surface area contributed by atoms with E-state index in [0.717, 1.165) is 11.1 Å². The molecule has 0 radical (unpaired) electrons. The number of hydrogen-bond acceptors (Lipinski definition) is 2. The number of rotatable bonds is 4. The van der Waals surface area contributed by atoms with Crippen LogP contribution in [0.2, 0.25) is 0 Å². The van der Waals surface area contributed by atoms with Crippen LogP contribution < -0.4 is 0 Å². The summed E-state index contributed by atoms with van der Waals surface area (Å²) in [7, 11) is -3.51. The highest BCUT2D eigenvalue weighted by atomic mass is 79.9. The van der Waals surface area contributed by atoms with E-state index in [2.05, 4.69) is 73.4 Å². The summed E-state index contributed by atoms with van der Waals surface area (Å²) < 4.78 is 24.7. The Hall–Kier alpha value is -0.650. The van der Waals surface area contributed by atoms with Crippen molar-refractivity contribution in [2.45, 2.75) is 60.7 Å². The van der Waals surface area contributed by atoms with Gasteiger partial charge in [0.1, 0.15) is 8.32 Å². The second-order valence-corrected chi connectivity index (χ2v) is 14.1. The quantitative estimate of drug-likeness (QED) is 0.404. The second-order valence-electron chi connectivity index (χ2n) is 8.97. The lowest BCUT2D eigenvalue weighted by Crippen LogP contribution is -2.15. The van der Waals surface area contributed by atoms with E-state index in [1.807, 2.05) is 48.5 Å². The van der Waals surface area contributed by atoms with Gasteiger partial charge in [-0.15, -0.1) is 0 Å². The molecule has 0 heterocycles. The first kappa shape index (κ1) is 22.6. The zero-order chi connectivity index (χ0) is 20.6. The van der Waals surface area contributed by atoms with E-state index in [9.17, 15) is 8.42 Å². The van der Waals surface area contributed by atoms with Crippen molar-refractivity contribution in [1.29, 1.82) is 0 Å². The lowest BCUT2D eigenvalue weighted by atomic mass is 9.87. The maximum absolute atomic E-state index is 13.1. The predicted molar refractivity (Wildman–Crippen MR) is 123 cm³/mol. The molecule has 27 heavy (non-hydrogen) atoms. The third-order valence-electron chi connectivity index (χ3n) is 4.65. The van der Waals surface area contributed by atoms with Crippen LogP contribution in [0.1, 0.15) is 72.1 Å². The minimum Gasteiger partial charge on any atom is -0.226 e. The van der Waals surface area contributed by atoms with Crippen molar-refractivity contribution in [1.82, 2.24) is 0 Å². The molecule has 2 nitrogen and oxygen atoms in total. The first-order valence-corrected chi connectivity index (χ1v) is 12.4. The SMILES string of the molecule is CC(C)(C)c1ccc(C(Br)S(=O)(=O)C(Br)c2ccc(C(C)(C)C)cc2)cc1. The molecule has 2 aromatic carbocycles. The van der Waals surface area contributed by atoms with Crippen LogP contribution in [0.4, 0.5) is 0 Å². The van der Waals surface area contributed by atoms with Gasteiger partial charge < -0.3 is 0 Å². The Kier molecular flexibility index (Phi) is 6.71. The largest absolute Gasteiger partial charge is 0.226 e. The molecule has 0 aliphatic rings. The first-order valence-electron chi connectivity index (χ1n) is 8.96. The van der Waals surface area contributed by atoms with E-state index in [4.69, 9.17) is 0 Å². The minimum absolute atomic E-state index is 0.0337. The van der Waals surface area contributed by atoms with Crippen molar-refractivity contribution in [3.05, 3.63) is 70.8 Å². The summed E-state index contributed by atoms with van der Waals surface area (Å²) in [5.74, 6) is 0. The van der Waals surface area contributed by atoms with E-state index in [1.165, 1.54) is 11.1 Å². The van der Waals surface area contributed by atoms with Crippen molar-refractivity contribution < 1.29 is 8.42 Å². The Balaban J connectivity index is 2.28. The maximum atomic E-state index is 13.1. The lowest BCUT2D eigenvalue weighted by molar-refractivity contribution is 0.589. The highest BCUT2D eigenvalue weighted by molar-refractivity contribution is 9.12. The molecule has 0 saturated heterocycles. The third-order valence-corrected chi connectivity index (χ3v) is 10.5. The van der Waals surface area contributed by atoms with Gasteiger partial charge >= 0.3 is 0 Å². The standard InChI is InChI=1S/C22H28Br2O2S/c1-21(2,3)17-11-7-15(8-12-17)19(23)27(25,26)20(24)16-9-13-18(14-10-16)22(4,5)6/h7-14,19-20H,1-6H3. The summed E-state index contributed by atoms with van der Waals surface area (Å²) in [4.78, 5) is 0. The summed E-state index contributed by atoms with van der Waals surface area (Å²) in [6.45, 7) is 12.8. The van der Waals surface area contributed by atoms with Gasteiger partial charge in [0.15, 0.2) is 9.84 Å². The normalized spacial score (nSPS) is 15.4. The Labute approximate surface area is 180 Å². The van der Waals surface area contributed by atoms with Crippen molar-refractivity contribution in [2.24, 2.45) is 0 Å². The molecule has 2 unspecified atom stereocenters. The molecule has 148 valence electrons. The number of benzene rings is 2. The van der Waals surface area contributed by atoms with E-state index < -0.39 is 18.2 Å².